The predicted octanol–water partition coefficient (Wildman–Crippen LogP) is 3.29. The number of nitrogens with one attached hydrogen (secondary N) is 2. The Morgan fingerprint density at radius 1 is 1.35 bits per heavy atom. The Balaban J connectivity index is 2.26. The number of benzene rings is 1. The van der Waals surface area contributed by atoms with E-state index in [1.54, 1.807) is 13.1 Å². The maximum absolute atomic E-state index is 12.2. The Kier molecular flexibility index (Phi) is 4.49. The van der Waals surface area contributed by atoms with Crippen molar-refractivity contribution < 1.29 is 14.7 Å². The van der Waals surface area contributed by atoms with Crippen LogP contribution in [0, 0.1) is 0 Å². The number of carbonyl (C=O) groups excluding carboxylic acids is 1. The molecule has 0 radical (unpaired) electrons. The van der Waals surface area contributed by atoms with Gasteiger partial charge in [0.05, 0.1) is 12.0 Å². The number of aromatic amines is 1. The largest absolute Gasteiger partial charge is 0.481 e. The first kappa shape index (κ1) is 15.1. The van der Waals surface area contributed by atoms with Crippen molar-refractivity contribution in [1.29, 1.82) is 0 Å². The Hall–Kier alpha value is -1.34. The highest BCUT2D eigenvalue weighted by Crippen LogP contribution is 2.30. The molecule has 1 aromatic carbocycles. The van der Waals surface area contributed by atoms with E-state index in [1.165, 1.54) is 0 Å². The molecule has 106 valence electrons. The molecule has 0 spiro atoms. The lowest BCUT2D eigenvalue weighted by Gasteiger charge is -2.11. The van der Waals surface area contributed by atoms with E-state index in [9.17, 15) is 9.59 Å². The van der Waals surface area contributed by atoms with Crippen molar-refractivity contribution in [3.05, 3.63) is 32.8 Å². The van der Waals surface area contributed by atoms with Crippen molar-refractivity contribution in [2.24, 2.45) is 0 Å². The molecule has 0 aliphatic carbocycles. The molecule has 0 aliphatic rings. The number of H-pyrrole nitrogens is 1. The van der Waals surface area contributed by atoms with Gasteiger partial charge in [0, 0.05) is 32.1 Å². The van der Waals surface area contributed by atoms with Gasteiger partial charge in [-0.15, -0.1) is 0 Å². The van der Waals surface area contributed by atoms with Gasteiger partial charge in [-0.05, 0) is 50.9 Å². The van der Waals surface area contributed by atoms with Crippen molar-refractivity contribution in [2.75, 3.05) is 0 Å². The molecule has 0 saturated heterocycles. The highest BCUT2D eigenvalue weighted by molar-refractivity contribution is 9.13. The van der Waals surface area contributed by atoms with Gasteiger partial charge in [-0.1, -0.05) is 0 Å². The first-order valence-corrected chi connectivity index (χ1v) is 7.46. The number of fused-ring (bicyclic) bond motifs is 1. The minimum atomic E-state index is -0.941. The molecule has 0 bridgehead atoms. The van der Waals surface area contributed by atoms with Crippen LogP contribution in [-0.4, -0.2) is 28.0 Å². The Labute approximate surface area is 132 Å². The van der Waals surface area contributed by atoms with Crippen molar-refractivity contribution in [3.8, 4) is 0 Å². The van der Waals surface area contributed by atoms with E-state index in [-0.39, 0.29) is 12.3 Å². The predicted molar refractivity (Wildman–Crippen MR) is 82.9 cm³/mol. The monoisotopic (exact) mass is 402 g/mol. The molecule has 1 amide bonds. The first-order valence-electron chi connectivity index (χ1n) is 5.87. The zero-order chi connectivity index (χ0) is 14.9. The van der Waals surface area contributed by atoms with Gasteiger partial charge in [0.25, 0.3) is 5.91 Å². The van der Waals surface area contributed by atoms with Crippen LogP contribution in [-0.2, 0) is 4.79 Å². The van der Waals surface area contributed by atoms with Crippen LogP contribution in [0.4, 0.5) is 0 Å². The number of halogens is 2. The molecule has 0 aliphatic heterocycles. The van der Waals surface area contributed by atoms with Gasteiger partial charge in [-0.3, -0.25) is 9.59 Å². The summed E-state index contributed by atoms with van der Waals surface area (Å²) in [5.41, 5.74) is 1.32. The standard InChI is InChI=1S/C13H12Br2N2O3/c1-6(2-12(18)19)17-13(20)8-5-16-11-4-10(15)9(14)3-7(8)11/h3-6,16H,2H2,1H3,(H,17,20)(H,18,19). The number of carbonyl (C=O) groups is 2. The molecule has 1 heterocycles. The molecule has 20 heavy (non-hydrogen) atoms. The Morgan fingerprint density at radius 2 is 2.00 bits per heavy atom. The number of carboxylic acid groups (broad SMARTS) is 1. The zero-order valence-electron chi connectivity index (χ0n) is 10.5. The molecule has 2 rings (SSSR count). The van der Waals surface area contributed by atoms with Gasteiger partial charge in [-0.25, -0.2) is 0 Å². The lowest BCUT2D eigenvalue weighted by molar-refractivity contribution is -0.137. The van der Waals surface area contributed by atoms with Crippen LogP contribution >= 0.6 is 31.9 Å². The second-order valence-electron chi connectivity index (χ2n) is 4.49. The van der Waals surface area contributed by atoms with E-state index in [0.29, 0.717) is 5.56 Å². The number of aliphatic carboxylic acids is 1. The van der Waals surface area contributed by atoms with Gasteiger partial charge >= 0.3 is 5.97 Å². The van der Waals surface area contributed by atoms with Crippen LogP contribution in [0.1, 0.15) is 23.7 Å². The summed E-state index contributed by atoms with van der Waals surface area (Å²) in [5.74, 6) is -1.23. The third-order valence-corrected chi connectivity index (χ3v) is 4.67. The third kappa shape index (κ3) is 3.21. The maximum atomic E-state index is 12.2. The van der Waals surface area contributed by atoms with Crippen LogP contribution in [0.5, 0.6) is 0 Å². The smallest absolute Gasteiger partial charge is 0.305 e. The SMILES string of the molecule is CC(CC(=O)O)NC(=O)c1c[nH]c2cc(Br)c(Br)cc12. The molecule has 7 heteroatoms. The normalized spacial score (nSPS) is 12.3. The van der Waals surface area contributed by atoms with E-state index in [0.717, 1.165) is 19.8 Å². The fraction of sp³-hybridized carbons (Fsp3) is 0.231. The van der Waals surface area contributed by atoms with Gasteiger partial charge in [0.15, 0.2) is 0 Å². The second kappa shape index (κ2) is 5.97. The first-order chi connectivity index (χ1) is 9.38. The quantitative estimate of drug-likeness (QED) is 0.732. The van der Waals surface area contributed by atoms with Crippen LogP contribution in [0.3, 0.4) is 0 Å². The topological polar surface area (TPSA) is 82.2 Å². The summed E-state index contributed by atoms with van der Waals surface area (Å²) >= 11 is 6.80. The lowest BCUT2D eigenvalue weighted by Crippen LogP contribution is -2.34. The lowest BCUT2D eigenvalue weighted by atomic mass is 10.1. The average molecular weight is 404 g/mol. The number of aromatic nitrogens is 1. The minimum absolute atomic E-state index is 0.108. The maximum Gasteiger partial charge on any atom is 0.305 e. The number of rotatable bonds is 4. The fourth-order valence-electron chi connectivity index (χ4n) is 1.92. The number of hydrogen-bond acceptors (Lipinski definition) is 2. The fourth-order valence-corrected chi connectivity index (χ4v) is 2.61. The second-order valence-corrected chi connectivity index (χ2v) is 6.20. The molecule has 1 unspecified atom stereocenters. The van der Waals surface area contributed by atoms with Crippen LogP contribution < -0.4 is 5.32 Å². The highest BCUT2D eigenvalue weighted by Gasteiger charge is 2.16. The van der Waals surface area contributed by atoms with Crippen molar-refractivity contribution in [3.63, 3.8) is 0 Å². The molecule has 2 aromatic rings. The molecule has 5 nitrogen and oxygen atoms in total. The summed E-state index contributed by atoms with van der Waals surface area (Å²) in [6.07, 6.45) is 1.51. The zero-order valence-corrected chi connectivity index (χ0v) is 13.7. The van der Waals surface area contributed by atoms with Crippen molar-refractivity contribution in [2.45, 2.75) is 19.4 Å². The van der Waals surface area contributed by atoms with E-state index in [2.05, 4.69) is 42.2 Å². The van der Waals surface area contributed by atoms with Gasteiger partial charge in [0.1, 0.15) is 0 Å². The number of hydrogen-bond donors (Lipinski definition) is 3. The van der Waals surface area contributed by atoms with E-state index in [4.69, 9.17) is 5.11 Å². The molecular weight excluding hydrogens is 392 g/mol. The summed E-state index contributed by atoms with van der Waals surface area (Å²) in [4.78, 5) is 25.8. The summed E-state index contributed by atoms with van der Waals surface area (Å²) < 4.78 is 1.73. The molecule has 0 saturated carbocycles. The van der Waals surface area contributed by atoms with Crippen molar-refractivity contribution in [1.82, 2.24) is 10.3 Å². The number of amides is 1. The van der Waals surface area contributed by atoms with E-state index in [1.807, 2.05) is 12.1 Å². The molecule has 1 aromatic heterocycles. The summed E-state index contributed by atoms with van der Waals surface area (Å²) in [5, 5.41) is 12.1. The highest BCUT2D eigenvalue weighted by atomic mass is 79.9. The number of carboxylic acids is 1. The molecule has 1 atom stereocenters. The van der Waals surface area contributed by atoms with E-state index >= 15 is 0 Å². The minimum Gasteiger partial charge on any atom is -0.481 e. The molecule has 0 fully saturated rings. The van der Waals surface area contributed by atoms with Gasteiger partial charge in [0.2, 0.25) is 0 Å². The molecule has 3 N–H and O–H groups in total. The van der Waals surface area contributed by atoms with Crippen LogP contribution in [0.15, 0.2) is 27.3 Å². The van der Waals surface area contributed by atoms with Crippen molar-refractivity contribution >= 4 is 54.6 Å². The summed E-state index contributed by atoms with van der Waals surface area (Å²) in [7, 11) is 0. The molecular formula is C13H12Br2N2O3. The van der Waals surface area contributed by atoms with Gasteiger partial charge < -0.3 is 15.4 Å². The average Bonchev–Trinajstić information content (AvgIpc) is 2.71. The van der Waals surface area contributed by atoms with E-state index < -0.39 is 12.0 Å². The third-order valence-electron chi connectivity index (χ3n) is 2.83. The van der Waals surface area contributed by atoms with Crippen LogP contribution in [0.2, 0.25) is 0 Å². The summed E-state index contributed by atoms with van der Waals surface area (Å²) in [6, 6.07) is 3.28. The Bertz CT molecular complexity index is 682. The van der Waals surface area contributed by atoms with Gasteiger partial charge in [-0.2, -0.15) is 0 Å². The summed E-state index contributed by atoms with van der Waals surface area (Å²) in [6.45, 7) is 1.66. The Morgan fingerprint density at radius 3 is 2.65 bits per heavy atom. The van der Waals surface area contributed by atoms with Crippen LogP contribution in [0.25, 0.3) is 10.9 Å².